The van der Waals surface area contributed by atoms with Crippen molar-refractivity contribution < 1.29 is 23.9 Å². The van der Waals surface area contributed by atoms with Gasteiger partial charge in [0.05, 0.1) is 18.7 Å². The van der Waals surface area contributed by atoms with Gasteiger partial charge in [0.15, 0.2) is 17.7 Å². The van der Waals surface area contributed by atoms with Gasteiger partial charge in [0, 0.05) is 42.6 Å². The van der Waals surface area contributed by atoms with Crippen molar-refractivity contribution in [3.05, 3.63) is 46.7 Å². The second-order valence-electron chi connectivity index (χ2n) is 9.87. The molecule has 1 amide bonds. The molecule has 2 unspecified atom stereocenters. The second-order valence-corrected chi connectivity index (χ2v) is 10.6. The number of amides is 1. The Bertz CT molecular complexity index is 987. The van der Waals surface area contributed by atoms with Gasteiger partial charge in [0.1, 0.15) is 12.9 Å². The van der Waals surface area contributed by atoms with Gasteiger partial charge >= 0.3 is 5.97 Å². The fourth-order valence-corrected chi connectivity index (χ4v) is 7.14. The standard InChI is InChI=1S/C24H30N4O4S/c25-22(29)21(17-11-26-15-27-12-17)28-8-5-16(6-9-28)20(13-28)32-23(30)24(31,18-3-1-2-4-18)19-7-10-33-14-19/h7,10-12,14-16,18,20-21,31H,1-6,8-9,13H2,(H-,25,29)/p+1/t16?,20-,21?,24?,28?/m0/s1. The summed E-state index contributed by atoms with van der Waals surface area (Å²) in [7, 11) is 0. The van der Waals surface area contributed by atoms with Crippen LogP contribution in [0.25, 0.3) is 0 Å². The molecule has 0 radical (unpaired) electrons. The normalized spacial score (nSPS) is 30.0. The Balaban J connectivity index is 1.41. The fraction of sp³-hybridized carbons (Fsp3) is 0.583. The van der Waals surface area contributed by atoms with Crippen molar-refractivity contribution in [2.75, 3.05) is 19.6 Å². The Hall–Kier alpha value is -2.36. The summed E-state index contributed by atoms with van der Waals surface area (Å²) in [6.07, 6.45) is 9.69. The summed E-state index contributed by atoms with van der Waals surface area (Å²) in [6, 6.07) is 1.24. The largest absolute Gasteiger partial charge is 0.454 e. The predicted octanol–water partition coefficient (Wildman–Crippen LogP) is 2.29. The predicted molar refractivity (Wildman–Crippen MR) is 122 cm³/mol. The number of piperidine rings is 3. The molecule has 176 valence electrons. The number of esters is 1. The summed E-state index contributed by atoms with van der Waals surface area (Å²) in [6.45, 7) is 2.08. The van der Waals surface area contributed by atoms with E-state index in [0.717, 1.165) is 51.6 Å². The van der Waals surface area contributed by atoms with Crippen LogP contribution in [0.3, 0.4) is 0 Å². The Morgan fingerprint density at radius 2 is 1.88 bits per heavy atom. The molecule has 3 saturated heterocycles. The molecule has 8 nitrogen and oxygen atoms in total. The van der Waals surface area contributed by atoms with Gasteiger partial charge in [-0.05, 0) is 29.7 Å². The summed E-state index contributed by atoms with van der Waals surface area (Å²) in [5.41, 5.74) is 5.58. The van der Waals surface area contributed by atoms with Gasteiger partial charge in [-0.15, -0.1) is 0 Å². The highest BCUT2D eigenvalue weighted by Crippen LogP contribution is 2.45. The summed E-state index contributed by atoms with van der Waals surface area (Å²) in [5.74, 6) is -0.882. The van der Waals surface area contributed by atoms with Crippen molar-refractivity contribution in [1.82, 2.24) is 9.97 Å². The van der Waals surface area contributed by atoms with E-state index in [-0.39, 0.29) is 17.9 Å². The Labute approximate surface area is 197 Å². The van der Waals surface area contributed by atoms with E-state index in [9.17, 15) is 14.7 Å². The van der Waals surface area contributed by atoms with Gasteiger partial charge in [-0.3, -0.25) is 4.79 Å². The quantitative estimate of drug-likeness (QED) is 0.473. The number of primary amides is 1. The second kappa shape index (κ2) is 8.77. The highest BCUT2D eigenvalue weighted by Gasteiger charge is 2.56. The molecule has 3 N–H and O–H groups in total. The number of rotatable bonds is 7. The van der Waals surface area contributed by atoms with Crippen LogP contribution >= 0.6 is 11.3 Å². The molecule has 3 aliphatic heterocycles. The zero-order valence-electron chi connectivity index (χ0n) is 18.6. The summed E-state index contributed by atoms with van der Waals surface area (Å²) >= 11 is 1.47. The average molecular weight is 472 g/mol. The third-order valence-corrected chi connectivity index (χ3v) is 8.83. The number of nitrogens with two attached hydrogens (primary N) is 1. The molecule has 3 atom stereocenters. The summed E-state index contributed by atoms with van der Waals surface area (Å²) < 4.78 is 6.58. The first-order chi connectivity index (χ1) is 15.9. The lowest BCUT2D eigenvalue weighted by molar-refractivity contribution is -0.965. The van der Waals surface area contributed by atoms with Gasteiger partial charge in [0.2, 0.25) is 0 Å². The lowest BCUT2D eigenvalue weighted by Gasteiger charge is -2.54. The van der Waals surface area contributed by atoms with Crippen LogP contribution in [0.15, 0.2) is 35.5 Å². The summed E-state index contributed by atoms with van der Waals surface area (Å²) in [5, 5.41) is 15.5. The van der Waals surface area contributed by atoms with Gasteiger partial charge in [0.25, 0.3) is 5.91 Å². The smallest absolute Gasteiger partial charge is 0.343 e. The average Bonchev–Trinajstić information content (AvgIpc) is 3.55. The van der Waals surface area contributed by atoms with Crippen LogP contribution < -0.4 is 5.73 Å². The highest BCUT2D eigenvalue weighted by atomic mass is 32.1. The zero-order chi connectivity index (χ0) is 23.1. The van der Waals surface area contributed by atoms with Crippen molar-refractivity contribution in [2.24, 2.45) is 17.6 Å². The Kier molecular flexibility index (Phi) is 5.96. The number of carbonyl (C=O) groups excluding carboxylic acids is 2. The topological polar surface area (TPSA) is 115 Å². The molecule has 4 aliphatic rings. The number of thiophene rings is 1. The number of nitrogens with zero attached hydrogens (tertiary/aromatic N) is 3. The first-order valence-electron chi connectivity index (χ1n) is 11.8. The van der Waals surface area contributed by atoms with E-state index in [1.165, 1.54) is 17.7 Å². The molecule has 2 bridgehead atoms. The van der Waals surface area contributed by atoms with Gasteiger partial charge in [-0.25, -0.2) is 14.8 Å². The molecule has 33 heavy (non-hydrogen) atoms. The number of carbonyl (C=O) groups is 2. The Morgan fingerprint density at radius 1 is 1.18 bits per heavy atom. The first kappa shape index (κ1) is 22.4. The lowest BCUT2D eigenvalue weighted by Crippen LogP contribution is -2.67. The van der Waals surface area contributed by atoms with Gasteiger partial charge < -0.3 is 20.1 Å². The van der Waals surface area contributed by atoms with Crippen molar-refractivity contribution in [2.45, 2.75) is 56.3 Å². The minimum absolute atomic E-state index is 0.135. The van der Waals surface area contributed by atoms with Crippen molar-refractivity contribution in [1.29, 1.82) is 0 Å². The van der Waals surface area contributed by atoms with Crippen molar-refractivity contribution >= 4 is 23.2 Å². The van der Waals surface area contributed by atoms with Crippen LogP contribution in [0.2, 0.25) is 0 Å². The molecule has 2 aromatic rings. The van der Waals surface area contributed by atoms with E-state index in [2.05, 4.69) is 9.97 Å². The molecule has 1 aliphatic carbocycles. The third kappa shape index (κ3) is 3.86. The maximum absolute atomic E-state index is 13.6. The molecular formula is C24H31N4O4S+. The molecule has 6 rings (SSSR count). The maximum Gasteiger partial charge on any atom is 0.343 e. The van der Waals surface area contributed by atoms with E-state index in [0.29, 0.717) is 22.2 Å². The third-order valence-electron chi connectivity index (χ3n) is 8.15. The molecular weight excluding hydrogens is 440 g/mol. The van der Waals surface area contributed by atoms with E-state index in [4.69, 9.17) is 10.5 Å². The first-order valence-corrected chi connectivity index (χ1v) is 12.7. The fourth-order valence-electron chi connectivity index (χ4n) is 6.44. The SMILES string of the molecule is NC(=O)C(c1cncnc1)[N+]12CCC(CC1)[C@@H](OC(=O)C(O)(c1ccsc1)C1CCCC1)C2. The maximum atomic E-state index is 13.6. The number of fused-ring (bicyclic) bond motifs is 3. The van der Waals surface area contributed by atoms with E-state index in [1.807, 2.05) is 16.8 Å². The molecule has 2 aromatic heterocycles. The van der Waals surface area contributed by atoms with Crippen LogP contribution in [0.1, 0.15) is 55.7 Å². The van der Waals surface area contributed by atoms with Gasteiger partial charge in [-0.2, -0.15) is 11.3 Å². The monoisotopic (exact) mass is 471 g/mol. The molecule has 9 heteroatoms. The number of hydrogen-bond acceptors (Lipinski definition) is 7. The van der Waals surface area contributed by atoms with Crippen LogP contribution in [0, 0.1) is 11.8 Å². The number of quaternary nitrogens is 1. The van der Waals surface area contributed by atoms with Crippen LogP contribution in [0.5, 0.6) is 0 Å². The molecule has 1 saturated carbocycles. The number of hydrogen-bond donors (Lipinski definition) is 2. The van der Waals surface area contributed by atoms with Crippen LogP contribution in [-0.2, 0) is 19.9 Å². The number of ether oxygens (including phenoxy) is 1. The van der Waals surface area contributed by atoms with E-state index in [1.54, 1.807) is 12.4 Å². The van der Waals surface area contributed by atoms with Crippen LogP contribution in [-0.4, -0.2) is 57.2 Å². The minimum Gasteiger partial charge on any atom is -0.454 e. The lowest BCUT2D eigenvalue weighted by atomic mass is 9.79. The van der Waals surface area contributed by atoms with Crippen molar-refractivity contribution in [3.8, 4) is 0 Å². The molecule has 0 aromatic carbocycles. The highest BCUT2D eigenvalue weighted by molar-refractivity contribution is 7.08. The zero-order valence-corrected chi connectivity index (χ0v) is 19.5. The molecule has 5 heterocycles. The van der Waals surface area contributed by atoms with Gasteiger partial charge in [-0.1, -0.05) is 12.8 Å². The Morgan fingerprint density at radius 3 is 2.48 bits per heavy atom. The van der Waals surface area contributed by atoms with Crippen molar-refractivity contribution in [3.63, 3.8) is 0 Å². The summed E-state index contributed by atoms with van der Waals surface area (Å²) in [4.78, 5) is 34.4. The van der Waals surface area contributed by atoms with E-state index >= 15 is 0 Å². The minimum atomic E-state index is -1.62. The van der Waals surface area contributed by atoms with Crippen LogP contribution in [0.4, 0.5) is 0 Å². The number of aliphatic hydroxyl groups is 1. The van der Waals surface area contributed by atoms with E-state index < -0.39 is 23.5 Å². The number of aromatic nitrogens is 2. The molecule has 0 spiro atoms. The molecule has 4 fully saturated rings.